The fourth-order valence-electron chi connectivity index (χ4n) is 1.08. The summed E-state index contributed by atoms with van der Waals surface area (Å²) in [6.45, 7) is 0. The molecule has 1 saturated heterocycles. The number of hydrogen-bond acceptors (Lipinski definition) is 5. The van der Waals surface area contributed by atoms with Gasteiger partial charge in [-0.05, 0) is 0 Å². The number of imide groups is 1. The van der Waals surface area contributed by atoms with E-state index in [9.17, 15) is 14.4 Å². The third kappa shape index (κ3) is 1.67. The zero-order valence-electron chi connectivity index (χ0n) is 7.02. The van der Waals surface area contributed by atoms with Gasteiger partial charge in [0.05, 0.1) is 7.11 Å². The molecule has 0 aromatic rings. The number of rotatable bonds is 2. The summed E-state index contributed by atoms with van der Waals surface area (Å²) in [7, 11) is 1.07. The molecule has 2 amide bonds. The van der Waals surface area contributed by atoms with E-state index in [2.05, 4.69) is 4.74 Å². The van der Waals surface area contributed by atoms with Crippen molar-refractivity contribution in [2.45, 2.75) is 19.1 Å². The molecular weight excluding hydrogens is 178 g/mol. The number of aliphatic hydroxyl groups is 1. The highest BCUT2D eigenvalue weighted by Crippen LogP contribution is 2.14. The smallest absolute Gasteiger partial charge is 0.356 e. The Morgan fingerprint density at radius 3 is 2.31 bits per heavy atom. The number of aliphatic hydroxyl groups excluding tert-OH is 1. The second-order valence-corrected chi connectivity index (χ2v) is 2.55. The molecule has 72 valence electrons. The van der Waals surface area contributed by atoms with Crippen LogP contribution in [-0.4, -0.2) is 41.1 Å². The summed E-state index contributed by atoms with van der Waals surface area (Å²) < 4.78 is 4.19. The first kappa shape index (κ1) is 9.66. The Morgan fingerprint density at radius 2 is 1.92 bits per heavy atom. The topological polar surface area (TPSA) is 83.9 Å². The van der Waals surface area contributed by atoms with Crippen molar-refractivity contribution in [2.24, 2.45) is 0 Å². The standard InChI is InChI=1S/C7H9NO5/c1-13-7(12)6(11)8-4(9)2-3-5(8)10/h6,11H,2-3H2,1H3. The average molecular weight is 187 g/mol. The largest absolute Gasteiger partial charge is 0.466 e. The van der Waals surface area contributed by atoms with E-state index in [4.69, 9.17) is 5.11 Å². The Balaban J connectivity index is 2.75. The normalized spacial score (nSPS) is 19.1. The molecule has 0 aliphatic carbocycles. The molecule has 0 aromatic carbocycles. The van der Waals surface area contributed by atoms with Crippen LogP contribution in [0.15, 0.2) is 0 Å². The van der Waals surface area contributed by atoms with Gasteiger partial charge in [0, 0.05) is 12.8 Å². The predicted octanol–water partition coefficient (Wildman–Crippen LogP) is -1.37. The number of nitrogens with zero attached hydrogens (tertiary/aromatic N) is 1. The molecule has 1 aliphatic rings. The highest BCUT2D eigenvalue weighted by molar-refractivity contribution is 6.04. The summed E-state index contributed by atoms with van der Waals surface area (Å²) >= 11 is 0. The SMILES string of the molecule is COC(=O)C(O)N1C(=O)CCC1=O. The van der Waals surface area contributed by atoms with Crippen LogP contribution in [0.3, 0.4) is 0 Å². The molecule has 13 heavy (non-hydrogen) atoms. The van der Waals surface area contributed by atoms with Gasteiger partial charge < -0.3 is 9.84 Å². The van der Waals surface area contributed by atoms with Crippen LogP contribution in [0.1, 0.15) is 12.8 Å². The number of amides is 2. The molecule has 0 aromatic heterocycles. The van der Waals surface area contributed by atoms with Crippen molar-refractivity contribution in [1.82, 2.24) is 4.90 Å². The van der Waals surface area contributed by atoms with E-state index in [0.29, 0.717) is 4.90 Å². The summed E-state index contributed by atoms with van der Waals surface area (Å²) in [6.07, 6.45) is -1.73. The first-order valence-corrected chi connectivity index (χ1v) is 3.68. The molecule has 6 nitrogen and oxygen atoms in total. The lowest BCUT2D eigenvalue weighted by Crippen LogP contribution is -2.44. The Bertz CT molecular complexity index is 246. The van der Waals surface area contributed by atoms with E-state index < -0.39 is 24.0 Å². The summed E-state index contributed by atoms with van der Waals surface area (Å²) in [5, 5.41) is 9.17. The summed E-state index contributed by atoms with van der Waals surface area (Å²) in [4.78, 5) is 33.3. The molecule has 0 spiro atoms. The van der Waals surface area contributed by atoms with Crippen LogP contribution in [-0.2, 0) is 19.1 Å². The van der Waals surface area contributed by atoms with Crippen molar-refractivity contribution >= 4 is 17.8 Å². The Kier molecular flexibility index (Phi) is 2.62. The summed E-state index contributed by atoms with van der Waals surface area (Å²) in [5.74, 6) is -2.12. The molecular formula is C7H9NO5. The van der Waals surface area contributed by atoms with E-state index >= 15 is 0 Å². The first-order chi connectivity index (χ1) is 6.07. The molecule has 1 N–H and O–H groups in total. The summed E-state index contributed by atoms with van der Waals surface area (Å²) in [6, 6.07) is 0. The second kappa shape index (κ2) is 3.53. The quantitative estimate of drug-likeness (QED) is 0.425. The van der Waals surface area contributed by atoms with Gasteiger partial charge in [-0.3, -0.25) is 9.59 Å². The third-order valence-corrected chi connectivity index (χ3v) is 1.75. The van der Waals surface area contributed by atoms with Gasteiger partial charge in [0.15, 0.2) is 0 Å². The lowest BCUT2D eigenvalue weighted by Gasteiger charge is -2.18. The maximum atomic E-state index is 11.0. The molecule has 1 unspecified atom stereocenters. The van der Waals surface area contributed by atoms with E-state index in [1.165, 1.54) is 0 Å². The van der Waals surface area contributed by atoms with Crippen molar-refractivity contribution in [3.63, 3.8) is 0 Å². The van der Waals surface area contributed by atoms with E-state index in [1.54, 1.807) is 0 Å². The van der Waals surface area contributed by atoms with Crippen LogP contribution >= 0.6 is 0 Å². The Labute approximate surface area is 74.1 Å². The zero-order chi connectivity index (χ0) is 10.0. The molecule has 0 saturated carbocycles. The molecule has 1 aliphatic heterocycles. The number of hydrogen-bond donors (Lipinski definition) is 1. The minimum atomic E-state index is -1.80. The number of ether oxygens (including phenoxy) is 1. The zero-order valence-corrected chi connectivity index (χ0v) is 7.02. The lowest BCUT2D eigenvalue weighted by atomic mass is 10.4. The van der Waals surface area contributed by atoms with Crippen molar-refractivity contribution in [2.75, 3.05) is 7.11 Å². The van der Waals surface area contributed by atoms with Crippen molar-refractivity contribution < 1.29 is 24.2 Å². The van der Waals surface area contributed by atoms with Crippen LogP contribution in [0.25, 0.3) is 0 Å². The first-order valence-electron chi connectivity index (χ1n) is 3.68. The monoisotopic (exact) mass is 187 g/mol. The summed E-state index contributed by atoms with van der Waals surface area (Å²) in [5.41, 5.74) is 0. The molecule has 1 rings (SSSR count). The van der Waals surface area contributed by atoms with Gasteiger partial charge in [0.1, 0.15) is 0 Å². The van der Waals surface area contributed by atoms with Crippen molar-refractivity contribution in [3.8, 4) is 0 Å². The number of methoxy groups -OCH3 is 1. The second-order valence-electron chi connectivity index (χ2n) is 2.55. The Hall–Kier alpha value is -1.43. The maximum absolute atomic E-state index is 11.0. The molecule has 1 atom stereocenters. The van der Waals surface area contributed by atoms with Gasteiger partial charge in [0.2, 0.25) is 18.0 Å². The van der Waals surface area contributed by atoms with E-state index in [0.717, 1.165) is 7.11 Å². The van der Waals surface area contributed by atoms with Gasteiger partial charge in [-0.1, -0.05) is 0 Å². The number of carbonyl (C=O) groups is 3. The minimum absolute atomic E-state index is 0.0346. The molecule has 0 radical (unpaired) electrons. The van der Waals surface area contributed by atoms with Crippen LogP contribution in [0, 0.1) is 0 Å². The molecule has 0 bridgehead atoms. The third-order valence-electron chi connectivity index (χ3n) is 1.75. The van der Waals surface area contributed by atoms with E-state index in [1.807, 2.05) is 0 Å². The highest BCUT2D eigenvalue weighted by atomic mass is 16.5. The fourth-order valence-corrected chi connectivity index (χ4v) is 1.08. The van der Waals surface area contributed by atoms with Crippen molar-refractivity contribution in [3.05, 3.63) is 0 Å². The van der Waals surface area contributed by atoms with Crippen LogP contribution in [0.5, 0.6) is 0 Å². The minimum Gasteiger partial charge on any atom is -0.466 e. The molecule has 6 heteroatoms. The van der Waals surface area contributed by atoms with Gasteiger partial charge in [0.25, 0.3) is 0 Å². The van der Waals surface area contributed by atoms with Crippen molar-refractivity contribution in [1.29, 1.82) is 0 Å². The number of carbonyl (C=O) groups excluding carboxylic acids is 3. The lowest BCUT2D eigenvalue weighted by molar-refractivity contribution is -0.170. The van der Waals surface area contributed by atoms with Gasteiger partial charge in [-0.2, -0.15) is 0 Å². The van der Waals surface area contributed by atoms with Crippen LogP contribution < -0.4 is 0 Å². The van der Waals surface area contributed by atoms with Gasteiger partial charge in [-0.25, -0.2) is 9.69 Å². The van der Waals surface area contributed by atoms with E-state index in [-0.39, 0.29) is 12.8 Å². The maximum Gasteiger partial charge on any atom is 0.356 e. The predicted molar refractivity (Wildman–Crippen MR) is 39.1 cm³/mol. The molecule has 1 heterocycles. The fraction of sp³-hybridized carbons (Fsp3) is 0.571. The van der Waals surface area contributed by atoms with Gasteiger partial charge >= 0.3 is 5.97 Å². The highest BCUT2D eigenvalue weighted by Gasteiger charge is 2.38. The van der Waals surface area contributed by atoms with Crippen LogP contribution in [0.4, 0.5) is 0 Å². The number of esters is 1. The molecule has 1 fully saturated rings. The number of likely N-dealkylation sites (tertiary alicyclic amines) is 1. The Morgan fingerprint density at radius 1 is 1.46 bits per heavy atom. The van der Waals surface area contributed by atoms with Gasteiger partial charge in [-0.15, -0.1) is 0 Å². The average Bonchev–Trinajstić information content (AvgIpc) is 2.44. The van der Waals surface area contributed by atoms with Crippen LogP contribution in [0.2, 0.25) is 0 Å².